The second-order valence-corrected chi connectivity index (χ2v) is 25.0. The topological polar surface area (TPSA) is 149 Å². The van der Waals surface area contributed by atoms with Crippen molar-refractivity contribution in [2.45, 2.75) is 391 Å². The minimum atomic E-state index is -1.56. The molecule has 0 aromatic carbocycles. The lowest BCUT2D eigenvalue weighted by atomic mass is 9.99. The molecule has 0 spiro atoms. The molecule has 83 heavy (non-hydrogen) atoms. The molecule has 6 N–H and O–H groups in total. The van der Waals surface area contributed by atoms with E-state index >= 15 is 0 Å². The molecule has 0 aromatic heterocycles. The molecule has 1 aliphatic rings. The van der Waals surface area contributed by atoms with Gasteiger partial charge in [0.15, 0.2) is 6.29 Å². The van der Waals surface area contributed by atoms with Crippen molar-refractivity contribution in [3.8, 4) is 0 Å². The molecule has 0 radical (unpaired) electrons. The second kappa shape index (κ2) is 62.9. The molecule has 1 fully saturated rings. The molecule has 486 valence electrons. The number of rotatable bonds is 63. The molecule has 7 atom stereocenters. The smallest absolute Gasteiger partial charge is 0.220 e. The molecule has 0 aliphatic carbocycles. The molecule has 1 rings (SSSR count). The molecule has 1 heterocycles. The first kappa shape index (κ1) is 78.9. The fourth-order valence-electron chi connectivity index (χ4n) is 11.5. The Kier molecular flexibility index (Phi) is 59.8. The lowest BCUT2D eigenvalue weighted by molar-refractivity contribution is -0.302. The number of unbranched alkanes of at least 4 members (excludes halogenated alkanes) is 43. The summed E-state index contributed by atoms with van der Waals surface area (Å²) in [6, 6.07) is -0.724. The Bertz CT molecular complexity index is 1500. The molecule has 9 nitrogen and oxygen atoms in total. The molecular weight excluding hydrogens is 1030 g/mol. The number of hydrogen-bond acceptors (Lipinski definition) is 8. The number of carbonyl (C=O) groups is 1. The third-order valence-corrected chi connectivity index (χ3v) is 17.1. The maximum absolute atomic E-state index is 13.2. The number of aliphatic hydroxyl groups is 5. The Morgan fingerprint density at radius 3 is 1.11 bits per heavy atom. The van der Waals surface area contributed by atoms with Gasteiger partial charge in [-0.25, -0.2) is 0 Å². The van der Waals surface area contributed by atoms with E-state index in [2.05, 4.69) is 79.9 Å². The van der Waals surface area contributed by atoms with Gasteiger partial charge in [0.2, 0.25) is 5.91 Å². The Morgan fingerprint density at radius 2 is 0.747 bits per heavy atom. The number of nitrogens with one attached hydrogen (secondary N) is 1. The molecule has 1 saturated heterocycles. The minimum absolute atomic E-state index is 0.138. The highest BCUT2D eigenvalue weighted by Crippen LogP contribution is 2.24. The van der Waals surface area contributed by atoms with Gasteiger partial charge in [-0.05, 0) is 57.8 Å². The van der Waals surface area contributed by atoms with Crippen LogP contribution >= 0.6 is 0 Å². The van der Waals surface area contributed by atoms with Gasteiger partial charge in [-0.15, -0.1) is 0 Å². The van der Waals surface area contributed by atoms with Crippen LogP contribution in [-0.2, 0) is 14.3 Å². The monoisotopic (exact) mass is 1170 g/mol. The number of allylic oxidation sites excluding steroid dienone is 10. The first-order chi connectivity index (χ1) is 40.8. The predicted molar refractivity (Wildman–Crippen MR) is 355 cm³/mol. The van der Waals surface area contributed by atoms with Gasteiger partial charge in [0.25, 0.3) is 0 Å². The van der Waals surface area contributed by atoms with Crippen LogP contribution in [0.15, 0.2) is 60.8 Å². The number of ether oxygens (including phenoxy) is 2. The molecule has 7 unspecified atom stereocenters. The van der Waals surface area contributed by atoms with Gasteiger partial charge in [-0.1, -0.05) is 344 Å². The zero-order valence-electron chi connectivity index (χ0n) is 54.5. The van der Waals surface area contributed by atoms with Gasteiger partial charge >= 0.3 is 0 Å². The summed E-state index contributed by atoms with van der Waals surface area (Å²) >= 11 is 0. The molecule has 1 amide bonds. The lowest BCUT2D eigenvalue weighted by Gasteiger charge is -2.40. The van der Waals surface area contributed by atoms with Crippen LogP contribution in [0.2, 0.25) is 0 Å². The van der Waals surface area contributed by atoms with Gasteiger partial charge in [0.05, 0.1) is 25.4 Å². The van der Waals surface area contributed by atoms with Gasteiger partial charge in [-0.2, -0.15) is 0 Å². The van der Waals surface area contributed by atoms with Crippen molar-refractivity contribution in [2.24, 2.45) is 0 Å². The summed E-state index contributed by atoms with van der Waals surface area (Å²) in [7, 11) is 0. The summed E-state index contributed by atoms with van der Waals surface area (Å²) in [5.41, 5.74) is 0. The van der Waals surface area contributed by atoms with Crippen molar-refractivity contribution < 1.29 is 39.8 Å². The van der Waals surface area contributed by atoms with E-state index in [0.29, 0.717) is 12.8 Å². The zero-order valence-corrected chi connectivity index (χ0v) is 54.5. The fraction of sp³-hybridized carbons (Fsp3) is 0.851. The summed E-state index contributed by atoms with van der Waals surface area (Å²) in [6.07, 6.45) is 80.1. The summed E-state index contributed by atoms with van der Waals surface area (Å²) in [4.78, 5) is 13.2. The lowest BCUT2D eigenvalue weighted by Crippen LogP contribution is -2.60. The fourth-order valence-corrected chi connectivity index (χ4v) is 11.5. The van der Waals surface area contributed by atoms with Crippen molar-refractivity contribution in [1.29, 1.82) is 0 Å². The molecule has 0 bridgehead atoms. The Hall–Kier alpha value is -2.11. The van der Waals surface area contributed by atoms with Crippen molar-refractivity contribution in [3.63, 3.8) is 0 Å². The number of aliphatic hydroxyl groups excluding tert-OH is 5. The van der Waals surface area contributed by atoms with Gasteiger partial charge < -0.3 is 40.3 Å². The molecular formula is C74H137NO8. The van der Waals surface area contributed by atoms with Crippen LogP contribution in [0.4, 0.5) is 0 Å². The molecule has 9 heteroatoms. The summed E-state index contributed by atoms with van der Waals surface area (Å²) in [5.74, 6) is -0.142. The molecule has 0 aromatic rings. The van der Waals surface area contributed by atoms with E-state index < -0.39 is 49.5 Å². The summed E-state index contributed by atoms with van der Waals surface area (Å²) in [6.45, 7) is 3.77. The average Bonchev–Trinajstić information content (AvgIpc) is 3.60. The van der Waals surface area contributed by atoms with Crippen LogP contribution < -0.4 is 5.32 Å². The maximum Gasteiger partial charge on any atom is 0.220 e. The first-order valence-electron chi connectivity index (χ1n) is 36.0. The van der Waals surface area contributed by atoms with Gasteiger partial charge in [-0.3, -0.25) is 4.79 Å². The zero-order chi connectivity index (χ0) is 60.0. The number of hydrogen-bond donors (Lipinski definition) is 6. The largest absolute Gasteiger partial charge is 0.394 e. The van der Waals surface area contributed by atoms with Gasteiger partial charge in [0, 0.05) is 6.42 Å². The third-order valence-electron chi connectivity index (χ3n) is 17.1. The van der Waals surface area contributed by atoms with Crippen LogP contribution in [0.1, 0.15) is 348 Å². The standard InChI is InChI=1S/C74H137NO8/c1-3-5-7-9-11-13-15-17-19-21-23-25-27-29-31-33-34-36-37-39-41-43-45-47-49-51-53-55-57-59-61-63-68(77)67(66-82-74-73(81)72(80)71(79)69(65-76)83-74)75-70(78)64-62-60-58-56-54-52-50-48-46-44-42-40-38-35-32-30-28-26-24-22-20-18-16-14-12-10-8-6-4-2/h6,8,12,14,18,20,24,26,30,32,67-69,71-74,76-77,79-81H,3-5,7,9-11,13,15-17,19,21-23,25,27-29,31,33-66H2,1-2H3,(H,75,78)/b8-6-,14-12-,20-18-,26-24-,32-30-. The van der Waals surface area contributed by atoms with Crippen LogP contribution in [0.3, 0.4) is 0 Å². The minimum Gasteiger partial charge on any atom is -0.394 e. The maximum atomic E-state index is 13.2. The second-order valence-electron chi connectivity index (χ2n) is 25.0. The van der Waals surface area contributed by atoms with Crippen LogP contribution in [0, 0.1) is 0 Å². The van der Waals surface area contributed by atoms with E-state index in [0.717, 1.165) is 70.6 Å². The SMILES string of the molecule is CC/C=C\C/C=C\C/C=C\C/C=C\C/C=C\CCCCCCCCCCCCCCCC(=O)NC(COC1OC(CO)C(O)C(O)C1O)C(O)CCCCCCCCCCCCCCCCCCCCCCCCCCCCCCCCC. The van der Waals surface area contributed by atoms with Crippen LogP contribution in [-0.4, -0.2) is 87.5 Å². The van der Waals surface area contributed by atoms with Crippen molar-refractivity contribution >= 4 is 5.91 Å². The van der Waals surface area contributed by atoms with Crippen molar-refractivity contribution in [2.75, 3.05) is 13.2 Å². The Labute approximate surface area is 513 Å². The molecule has 1 aliphatic heterocycles. The van der Waals surface area contributed by atoms with Crippen LogP contribution in [0.5, 0.6) is 0 Å². The first-order valence-corrected chi connectivity index (χ1v) is 36.0. The quantitative estimate of drug-likeness (QED) is 0.0261. The third kappa shape index (κ3) is 51.6. The Morgan fingerprint density at radius 1 is 0.422 bits per heavy atom. The summed E-state index contributed by atoms with van der Waals surface area (Å²) in [5, 5.41) is 55.0. The highest BCUT2D eigenvalue weighted by molar-refractivity contribution is 5.76. The van der Waals surface area contributed by atoms with E-state index in [1.54, 1.807) is 0 Å². The average molecular weight is 1170 g/mol. The Balaban J connectivity index is 2.10. The number of carbonyl (C=O) groups excluding carboxylic acids is 1. The summed E-state index contributed by atoms with van der Waals surface area (Å²) < 4.78 is 11.4. The van der Waals surface area contributed by atoms with Crippen molar-refractivity contribution in [3.05, 3.63) is 60.8 Å². The predicted octanol–water partition coefficient (Wildman–Crippen LogP) is 19.8. The van der Waals surface area contributed by atoms with Crippen molar-refractivity contribution in [1.82, 2.24) is 5.32 Å². The van der Waals surface area contributed by atoms with Crippen LogP contribution in [0.25, 0.3) is 0 Å². The molecule has 0 saturated carbocycles. The van der Waals surface area contributed by atoms with E-state index in [1.165, 1.54) is 250 Å². The van der Waals surface area contributed by atoms with Gasteiger partial charge in [0.1, 0.15) is 24.4 Å². The number of amides is 1. The normalized spacial score (nSPS) is 18.6. The van der Waals surface area contributed by atoms with E-state index in [4.69, 9.17) is 9.47 Å². The van der Waals surface area contributed by atoms with E-state index in [9.17, 15) is 30.3 Å². The highest BCUT2D eigenvalue weighted by atomic mass is 16.7. The van der Waals surface area contributed by atoms with E-state index in [1.807, 2.05) is 0 Å². The highest BCUT2D eigenvalue weighted by Gasteiger charge is 2.44. The van der Waals surface area contributed by atoms with E-state index in [-0.39, 0.29) is 12.5 Å².